The van der Waals surface area contributed by atoms with E-state index in [0.717, 1.165) is 13.1 Å². The molecule has 1 aliphatic rings. The number of carbonyl (C=O) groups excluding carboxylic acids is 2. The molecule has 1 aliphatic heterocycles. The first kappa shape index (κ1) is 15.5. The maximum Gasteiger partial charge on any atom is 0.341 e. The zero-order chi connectivity index (χ0) is 15.4. The van der Waals surface area contributed by atoms with Crippen LogP contribution in [0.15, 0.2) is 10.5 Å². The fourth-order valence-corrected chi connectivity index (χ4v) is 2.50. The van der Waals surface area contributed by atoms with Crippen molar-refractivity contribution in [2.45, 2.75) is 19.5 Å². The SMILES string of the molecule is CNC(=O)C1CNCCN1Cc1cc(C(=O)OC)c(C)o1. The van der Waals surface area contributed by atoms with Crippen molar-refractivity contribution >= 4 is 11.9 Å². The third-order valence-corrected chi connectivity index (χ3v) is 3.64. The maximum atomic E-state index is 11.9. The lowest BCUT2D eigenvalue weighted by atomic mass is 10.1. The molecule has 1 aromatic heterocycles. The van der Waals surface area contributed by atoms with E-state index < -0.39 is 5.97 Å². The molecule has 2 N–H and O–H groups in total. The minimum absolute atomic E-state index is 0.0290. The van der Waals surface area contributed by atoms with Crippen LogP contribution in [0, 0.1) is 6.92 Å². The van der Waals surface area contributed by atoms with E-state index in [0.29, 0.717) is 30.2 Å². The second-order valence-electron chi connectivity index (χ2n) is 4.98. The van der Waals surface area contributed by atoms with Gasteiger partial charge in [-0.1, -0.05) is 0 Å². The van der Waals surface area contributed by atoms with Gasteiger partial charge >= 0.3 is 5.97 Å². The van der Waals surface area contributed by atoms with Gasteiger partial charge in [-0.25, -0.2) is 4.79 Å². The summed E-state index contributed by atoms with van der Waals surface area (Å²) in [4.78, 5) is 25.5. The van der Waals surface area contributed by atoms with Crippen molar-refractivity contribution in [1.29, 1.82) is 0 Å². The van der Waals surface area contributed by atoms with Crippen molar-refractivity contribution in [2.75, 3.05) is 33.8 Å². The number of rotatable bonds is 4. The van der Waals surface area contributed by atoms with E-state index in [1.807, 2.05) is 4.90 Å². The van der Waals surface area contributed by atoms with Crippen LogP contribution < -0.4 is 10.6 Å². The van der Waals surface area contributed by atoms with Crippen molar-refractivity contribution in [3.63, 3.8) is 0 Å². The molecule has 0 aromatic carbocycles. The summed E-state index contributed by atoms with van der Waals surface area (Å²) >= 11 is 0. The van der Waals surface area contributed by atoms with Gasteiger partial charge in [-0.2, -0.15) is 0 Å². The molecule has 0 spiro atoms. The Morgan fingerprint density at radius 2 is 2.33 bits per heavy atom. The molecular weight excluding hydrogens is 274 g/mol. The van der Waals surface area contributed by atoms with Gasteiger partial charge in [-0.3, -0.25) is 9.69 Å². The van der Waals surface area contributed by atoms with E-state index in [9.17, 15) is 9.59 Å². The Balaban J connectivity index is 2.12. The molecule has 1 saturated heterocycles. The van der Waals surface area contributed by atoms with Crippen LogP contribution in [-0.4, -0.2) is 56.6 Å². The molecule has 2 heterocycles. The lowest BCUT2D eigenvalue weighted by Gasteiger charge is -2.34. The number of ether oxygens (including phenoxy) is 1. The highest BCUT2D eigenvalue weighted by atomic mass is 16.5. The molecule has 0 bridgehead atoms. The highest BCUT2D eigenvalue weighted by Gasteiger charge is 2.29. The number of esters is 1. The zero-order valence-electron chi connectivity index (χ0n) is 12.6. The Labute approximate surface area is 123 Å². The van der Waals surface area contributed by atoms with Crippen molar-refractivity contribution in [3.05, 3.63) is 23.2 Å². The van der Waals surface area contributed by atoms with Gasteiger partial charge in [0.2, 0.25) is 5.91 Å². The molecule has 1 fully saturated rings. The third kappa shape index (κ3) is 3.43. The number of aryl methyl sites for hydroxylation is 1. The fourth-order valence-electron chi connectivity index (χ4n) is 2.50. The van der Waals surface area contributed by atoms with Crippen LogP contribution in [0.5, 0.6) is 0 Å². The Morgan fingerprint density at radius 3 is 3.00 bits per heavy atom. The number of methoxy groups -OCH3 is 1. The second-order valence-corrected chi connectivity index (χ2v) is 4.98. The van der Waals surface area contributed by atoms with Crippen LogP contribution in [0.1, 0.15) is 21.9 Å². The quantitative estimate of drug-likeness (QED) is 0.754. The van der Waals surface area contributed by atoms with Gasteiger partial charge in [0, 0.05) is 26.7 Å². The lowest BCUT2D eigenvalue weighted by molar-refractivity contribution is -0.126. The molecule has 7 nitrogen and oxygen atoms in total. The molecule has 2 rings (SSSR count). The number of furan rings is 1. The van der Waals surface area contributed by atoms with Crippen LogP contribution in [0.4, 0.5) is 0 Å². The fraction of sp³-hybridized carbons (Fsp3) is 0.571. The van der Waals surface area contributed by atoms with E-state index in [1.54, 1.807) is 20.0 Å². The summed E-state index contributed by atoms with van der Waals surface area (Å²) < 4.78 is 10.3. The Morgan fingerprint density at radius 1 is 1.57 bits per heavy atom. The first-order valence-corrected chi connectivity index (χ1v) is 6.90. The number of nitrogens with one attached hydrogen (secondary N) is 2. The summed E-state index contributed by atoms with van der Waals surface area (Å²) in [6.07, 6.45) is 0. The van der Waals surface area contributed by atoms with Crippen LogP contribution in [0.3, 0.4) is 0 Å². The van der Waals surface area contributed by atoms with Gasteiger partial charge in [0.15, 0.2) is 0 Å². The lowest BCUT2D eigenvalue weighted by Crippen LogP contribution is -2.56. The van der Waals surface area contributed by atoms with Crippen LogP contribution in [0.2, 0.25) is 0 Å². The first-order chi connectivity index (χ1) is 10.1. The minimum atomic E-state index is -0.411. The summed E-state index contributed by atoms with van der Waals surface area (Å²) in [5, 5.41) is 5.87. The van der Waals surface area contributed by atoms with E-state index in [-0.39, 0.29) is 11.9 Å². The predicted octanol–water partition coefficient (Wildman–Crippen LogP) is -0.106. The van der Waals surface area contributed by atoms with Crippen LogP contribution in [-0.2, 0) is 16.1 Å². The van der Waals surface area contributed by atoms with E-state index in [2.05, 4.69) is 10.6 Å². The monoisotopic (exact) mass is 295 g/mol. The molecule has 21 heavy (non-hydrogen) atoms. The summed E-state index contributed by atoms with van der Waals surface area (Å²) in [5.41, 5.74) is 0.430. The summed E-state index contributed by atoms with van der Waals surface area (Å²) in [7, 11) is 2.97. The third-order valence-electron chi connectivity index (χ3n) is 3.64. The number of carbonyl (C=O) groups is 2. The maximum absolute atomic E-state index is 11.9. The second kappa shape index (κ2) is 6.73. The zero-order valence-corrected chi connectivity index (χ0v) is 12.6. The summed E-state index contributed by atoms with van der Waals surface area (Å²) in [6, 6.07) is 1.44. The Kier molecular flexibility index (Phi) is 4.98. The standard InChI is InChI=1S/C14H21N3O4/c1-9-11(14(19)20-3)6-10(21-9)8-17-5-4-16-7-12(17)13(18)15-2/h6,12,16H,4-5,7-8H2,1-3H3,(H,15,18). The number of amides is 1. The van der Waals surface area contributed by atoms with Gasteiger partial charge in [-0.15, -0.1) is 0 Å². The van der Waals surface area contributed by atoms with Crippen molar-refractivity contribution < 1.29 is 18.7 Å². The molecule has 1 atom stereocenters. The van der Waals surface area contributed by atoms with Crippen molar-refractivity contribution in [2.24, 2.45) is 0 Å². The smallest absolute Gasteiger partial charge is 0.341 e. The molecule has 116 valence electrons. The van der Waals surface area contributed by atoms with E-state index in [4.69, 9.17) is 9.15 Å². The number of likely N-dealkylation sites (N-methyl/N-ethyl adjacent to an activating group) is 1. The molecule has 1 amide bonds. The number of hydrogen-bond acceptors (Lipinski definition) is 6. The number of nitrogens with zero attached hydrogens (tertiary/aromatic N) is 1. The highest BCUT2D eigenvalue weighted by Crippen LogP contribution is 2.18. The topological polar surface area (TPSA) is 83.8 Å². The first-order valence-electron chi connectivity index (χ1n) is 6.90. The number of piperazine rings is 1. The van der Waals surface area contributed by atoms with E-state index >= 15 is 0 Å². The Hall–Kier alpha value is -1.86. The van der Waals surface area contributed by atoms with Gasteiger partial charge in [0.25, 0.3) is 0 Å². The predicted molar refractivity (Wildman–Crippen MR) is 75.9 cm³/mol. The minimum Gasteiger partial charge on any atom is -0.465 e. The van der Waals surface area contributed by atoms with Crippen LogP contribution in [0.25, 0.3) is 0 Å². The molecule has 0 aliphatic carbocycles. The molecule has 7 heteroatoms. The van der Waals surface area contributed by atoms with Gasteiger partial charge < -0.3 is 19.8 Å². The molecule has 0 radical (unpaired) electrons. The molecule has 1 unspecified atom stereocenters. The summed E-state index contributed by atoms with van der Waals surface area (Å²) in [5.74, 6) is 0.747. The summed E-state index contributed by atoms with van der Waals surface area (Å²) in [6.45, 7) is 4.37. The average molecular weight is 295 g/mol. The average Bonchev–Trinajstić information content (AvgIpc) is 2.86. The molecule has 1 aromatic rings. The van der Waals surface area contributed by atoms with Gasteiger partial charge in [-0.05, 0) is 13.0 Å². The number of hydrogen-bond donors (Lipinski definition) is 2. The Bertz CT molecular complexity index is 526. The largest absolute Gasteiger partial charge is 0.465 e. The normalized spacial score (nSPS) is 19.3. The van der Waals surface area contributed by atoms with Crippen LogP contribution >= 0.6 is 0 Å². The highest BCUT2D eigenvalue weighted by molar-refractivity contribution is 5.90. The van der Waals surface area contributed by atoms with Gasteiger partial charge in [0.1, 0.15) is 23.1 Å². The van der Waals surface area contributed by atoms with E-state index in [1.165, 1.54) is 7.11 Å². The molecule has 0 saturated carbocycles. The van der Waals surface area contributed by atoms with Gasteiger partial charge in [0.05, 0.1) is 13.7 Å². The molecular formula is C14H21N3O4. The van der Waals surface area contributed by atoms with Crippen molar-refractivity contribution in [1.82, 2.24) is 15.5 Å². The van der Waals surface area contributed by atoms with Crippen molar-refractivity contribution in [3.8, 4) is 0 Å².